The van der Waals surface area contributed by atoms with Crippen LogP contribution in [0, 0.1) is 5.92 Å². The molecule has 1 saturated carbocycles. The molecule has 74 valence electrons. The molecular weight excluding hydrogens is 200 g/mol. The van der Waals surface area contributed by atoms with E-state index >= 15 is 0 Å². The Bertz CT molecular complexity index is 209. The van der Waals surface area contributed by atoms with Crippen LogP contribution >= 0.6 is 23.5 Å². The van der Waals surface area contributed by atoms with Gasteiger partial charge in [-0.15, -0.1) is 23.5 Å². The van der Waals surface area contributed by atoms with Crippen molar-refractivity contribution in [2.24, 2.45) is 5.92 Å². The van der Waals surface area contributed by atoms with Crippen LogP contribution in [-0.4, -0.2) is 21.4 Å². The highest BCUT2D eigenvalue weighted by Gasteiger charge is 2.48. The van der Waals surface area contributed by atoms with Gasteiger partial charge in [0.2, 0.25) is 0 Å². The monoisotopic (exact) mass is 216 g/mol. The average Bonchev–Trinajstić information content (AvgIpc) is 2.47. The fraction of sp³-hybridized carbons (Fsp3) is 0.900. The van der Waals surface area contributed by atoms with E-state index in [4.69, 9.17) is 0 Å². The van der Waals surface area contributed by atoms with Crippen LogP contribution in [0.4, 0.5) is 0 Å². The van der Waals surface area contributed by atoms with Gasteiger partial charge in [-0.25, -0.2) is 0 Å². The van der Waals surface area contributed by atoms with E-state index in [2.05, 4.69) is 6.92 Å². The lowest BCUT2D eigenvalue weighted by molar-refractivity contribution is -0.120. The van der Waals surface area contributed by atoms with Gasteiger partial charge in [0.1, 0.15) is 4.08 Å². The third-order valence-corrected chi connectivity index (χ3v) is 6.46. The van der Waals surface area contributed by atoms with Crippen molar-refractivity contribution in [3.05, 3.63) is 0 Å². The van der Waals surface area contributed by atoms with E-state index in [1.165, 1.54) is 17.9 Å². The van der Waals surface area contributed by atoms with Crippen LogP contribution in [-0.2, 0) is 4.79 Å². The van der Waals surface area contributed by atoms with Gasteiger partial charge in [-0.1, -0.05) is 6.92 Å². The zero-order valence-corrected chi connectivity index (χ0v) is 9.68. The van der Waals surface area contributed by atoms with Crippen LogP contribution in [0.1, 0.15) is 32.6 Å². The van der Waals surface area contributed by atoms with Gasteiger partial charge in [-0.3, -0.25) is 4.79 Å². The molecule has 0 aromatic carbocycles. The topological polar surface area (TPSA) is 17.1 Å². The SMILES string of the molecule is CCC1CCC2(SCCCS2)C1=O. The number of carbonyl (C=O) groups is 1. The molecule has 0 aromatic rings. The Hall–Kier alpha value is 0.370. The van der Waals surface area contributed by atoms with Crippen LogP contribution in [0.3, 0.4) is 0 Å². The van der Waals surface area contributed by atoms with E-state index in [1.54, 1.807) is 0 Å². The first-order chi connectivity index (χ1) is 6.28. The van der Waals surface area contributed by atoms with Gasteiger partial charge in [0.25, 0.3) is 0 Å². The molecule has 1 atom stereocenters. The lowest BCUT2D eigenvalue weighted by Gasteiger charge is -2.30. The summed E-state index contributed by atoms with van der Waals surface area (Å²) in [6.07, 6.45) is 4.58. The van der Waals surface area contributed by atoms with E-state index in [9.17, 15) is 4.79 Å². The van der Waals surface area contributed by atoms with Crippen LogP contribution in [0.2, 0.25) is 0 Å². The fourth-order valence-corrected chi connectivity index (χ4v) is 5.58. The molecule has 1 unspecified atom stereocenters. The minimum absolute atomic E-state index is 0.00106. The quantitative estimate of drug-likeness (QED) is 0.671. The molecule has 1 aliphatic heterocycles. The van der Waals surface area contributed by atoms with Crippen LogP contribution in [0.5, 0.6) is 0 Å². The minimum atomic E-state index is -0.00106. The average molecular weight is 216 g/mol. The molecule has 0 bridgehead atoms. The van der Waals surface area contributed by atoms with Gasteiger partial charge in [0.05, 0.1) is 0 Å². The predicted molar refractivity (Wildman–Crippen MR) is 60.3 cm³/mol. The molecule has 1 nitrogen and oxygen atoms in total. The third-order valence-electron chi connectivity index (χ3n) is 3.02. The van der Waals surface area contributed by atoms with E-state index in [0.717, 1.165) is 19.3 Å². The molecule has 0 aromatic heterocycles. The smallest absolute Gasteiger partial charge is 0.161 e. The van der Waals surface area contributed by atoms with Crippen LogP contribution in [0.25, 0.3) is 0 Å². The number of hydrogen-bond donors (Lipinski definition) is 0. The molecule has 2 aliphatic rings. The Morgan fingerprint density at radius 2 is 2.15 bits per heavy atom. The second kappa shape index (κ2) is 3.85. The summed E-state index contributed by atoms with van der Waals surface area (Å²) in [5.41, 5.74) is 0. The number of ketones is 1. The summed E-state index contributed by atoms with van der Waals surface area (Å²) < 4.78 is -0.00106. The van der Waals surface area contributed by atoms with Gasteiger partial charge in [0.15, 0.2) is 5.78 Å². The highest BCUT2D eigenvalue weighted by molar-refractivity contribution is 8.19. The maximum absolute atomic E-state index is 12.1. The predicted octanol–water partition coefficient (Wildman–Crippen LogP) is 2.94. The first kappa shape index (κ1) is 9.91. The van der Waals surface area contributed by atoms with Gasteiger partial charge >= 0.3 is 0 Å². The molecule has 13 heavy (non-hydrogen) atoms. The summed E-state index contributed by atoms with van der Waals surface area (Å²) in [4.78, 5) is 12.1. The normalized spacial score (nSPS) is 32.7. The van der Waals surface area contributed by atoms with Crippen molar-refractivity contribution in [1.82, 2.24) is 0 Å². The van der Waals surface area contributed by atoms with E-state index in [1.807, 2.05) is 23.5 Å². The van der Waals surface area contributed by atoms with Crippen LogP contribution < -0.4 is 0 Å². The Balaban J connectivity index is 2.10. The lowest BCUT2D eigenvalue weighted by atomic mass is 10.1. The van der Waals surface area contributed by atoms with E-state index < -0.39 is 0 Å². The summed E-state index contributed by atoms with van der Waals surface area (Å²) in [7, 11) is 0. The summed E-state index contributed by atoms with van der Waals surface area (Å²) >= 11 is 3.83. The van der Waals surface area contributed by atoms with Crippen molar-refractivity contribution >= 4 is 29.3 Å². The van der Waals surface area contributed by atoms with Crippen molar-refractivity contribution in [3.8, 4) is 0 Å². The molecular formula is C10H16OS2. The molecule has 0 amide bonds. The second-order valence-corrected chi connectivity index (χ2v) is 6.86. The Morgan fingerprint density at radius 3 is 2.69 bits per heavy atom. The maximum Gasteiger partial charge on any atom is 0.161 e. The highest BCUT2D eigenvalue weighted by Crippen LogP contribution is 2.52. The van der Waals surface area contributed by atoms with Gasteiger partial charge < -0.3 is 0 Å². The van der Waals surface area contributed by atoms with E-state index in [-0.39, 0.29) is 4.08 Å². The minimum Gasteiger partial charge on any atom is -0.297 e. The second-order valence-electron chi connectivity index (χ2n) is 3.81. The largest absolute Gasteiger partial charge is 0.297 e. The molecule has 1 aliphatic carbocycles. The summed E-state index contributed by atoms with van der Waals surface area (Å²) in [5.74, 6) is 3.30. The number of hydrogen-bond acceptors (Lipinski definition) is 3. The van der Waals surface area contributed by atoms with Crippen molar-refractivity contribution in [2.75, 3.05) is 11.5 Å². The fourth-order valence-electron chi connectivity index (χ4n) is 2.18. The van der Waals surface area contributed by atoms with E-state index in [0.29, 0.717) is 11.7 Å². The molecule has 1 saturated heterocycles. The highest BCUT2D eigenvalue weighted by atomic mass is 32.2. The van der Waals surface area contributed by atoms with Crippen molar-refractivity contribution < 1.29 is 4.79 Å². The zero-order chi connectivity index (χ0) is 9.31. The molecule has 3 heteroatoms. The Kier molecular flexibility index (Phi) is 2.94. The summed E-state index contributed by atoms with van der Waals surface area (Å²) in [5, 5.41) is 0. The lowest BCUT2D eigenvalue weighted by Crippen LogP contribution is -2.32. The molecule has 2 fully saturated rings. The number of thioether (sulfide) groups is 2. The number of Topliss-reactive ketones (excluding diaryl/α,β-unsaturated/α-hetero) is 1. The van der Waals surface area contributed by atoms with Crippen molar-refractivity contribution in [2.45, 2.75) is 36.7 Å². The number of carbonyl (C=O) groups excluding carboxylic acids is 1. The standard InChI is InChI=1S/C10H16OS2/c1-2-8-4-5-10(9(8)11)12-6-3-7-13-10/h8H,2-7H2,1H3. The van der Waals surface area contributed by atoms with Gasteiger partial charge in [-0.2, -0.15) is 0 Å². The first-order valence-corrected chi connectivity index (χ1v) is 7.08. The molecule has 1 heterocycles. The molecule has 0 N–H and O–H groups in total. The Labute approximate surface area is 88.4 Å². The zero-order valence-electron chi connectivity index (χ0n) is 8.04. The summed E-state index contributed by atoms with van der Waals surface area (Å²) in [6, 6.07) is 0. The van der Waals surface area contributed by atoms with Gasteiger partial charge in [0, 0.05) is 5.92 Å². The molecule has 1 spiro atoms. The Morgan fingerprint density at radius 1 is 1.46 bits per heavy atom. The van der Waals surface area contributed by atoms with Crippen molar-refractivity contribution in [1.29, 1.82) is 0 Å². The maximum atomic E-state index is 12.1. The van der Waals surface area contributed by atoms with Crippen molar-refractivity contribution in [3.63, 3.8) is 0 Å². The first-order valence-electron chi connectivity index (χ1n) is 5.11. The van der Waals surface area contributed by atoms with Crippen LogP contribution in [0.15, 0.2) is 0 Å². The molecule has 0 radical (unpaired) electrons. The third kappa shape index (κ3) is 1.65. The van der Waals surface area contributed by atoms with Gasteiger partial charge in [-0.05, 0) is 37.2 Å². The summed E-state index contributed by atoms with van der Waals surface area (Å²) in [6.45, 7) is 2.14. The molecule has 2 rings (SSSR count). The number of rotatable bonds is 1.